The van der Waals surface area contributed by atoms with Crippen LogP contribution in [0.3, 0.4) is 0 Å². The van der Waals surface area contributed by atoms with Crippen molar-refractivity contribution in [3.63, 3.8) is 0 Å². The molecular weight excluding hydrogens is 348 g/mol. The van der Waals surface area contributed by atoms with Crippen LogP contribution in [0.1, 0.15) is 36.8 Å². The van der Waals surface area contributed by atoms with Gasteiger partial charge in [0.25, 0.3) is 17.7 Å². The summed E-state index contributed by atoms with van der Waals surface area (Å²) in [7, 11) is 0. The van der Waals surface area contributed by atoms with Gasteiger partial charge in [-0.2, -0.15) is 5.10 Å². The zero-order valence-corrected chi connectivity index (χ0v) is 13.8. The summed E-state index contributed by atoms with van der Waals surface area (Å²) in [6, 6.07) is 11.4. The standard InChI is InChI=1S/C19H12N4O4/c24-17(11-5-7-20-8-6-11)23-21-10-13-2-4-16(27-13)12-1-3-14-15(9-12)19(26)22-18(14)25/h1-10H,(H,23,24)(H,22,25,26)/b21-10+. The van der Waals surface area contributed by atoms with E-state index in [-0.39, 0.29) is 5.91 Å². The number of nitrogens with one attached hydrogen (secondary N) is 2. The lowest BCUT2D eigenvalue weighted by Crippen LogP contribution is -2.19. The van der Waals surface area contributed by atoms with E-state index < -0.39 is 11.8 Å². The Balaban J connectivity index is 1.48. The fraction of sp³-hybridized carbons (Fsp3) is 0. The Morgan fingerprint density at radius 1 is 1.04 bits per heavy atom. The molecule has 8 heteroatoms. The Morgan fingerprint density at radius 2 is 1.81 bits per heavy atom. The number of hydrazone groups is 1. The molecule has 1 aliphatic rings. The van der Waals surface area contributed by atoms with E-state index in [4.69, 9.17) is 4.42 Å². The maximum atomic E-state index is 11.9. The molecule has 0 bridgehead atoms. The fourth-order valence-corrected chi connectivity index (χ4v) is 2.62. The van der Waals surface area contributed by atoms with Gasteiger partial charge in [0.2, 0.25) is 0 Å². The van der Waals surface area contributed by atoms with E-state index in [1.165, 1.54) is 18.6 Å². The number of rotatable bonds is 4. The lowest BCUT2D eigenvalue weighted by Gasteiger charge is -1.99. The van der Waals surface area contributed by atoms with E-state index in [0.717, 1.165) is 0 Å². The molecule has 3 heterocycles. The molecule has 1 aliphatic heterocycles. The van der Waals surface area contributed by atoms with Crippen LogP contribution in [0.4, 0.5) is 0 Å². The van der Waals surface area contributed by atoms with Crippen LogP contribution in [-0.4, -0.2) is 28.9 Å². The minimum Gasteiger partial charge on any atom is -0.455 e. The number of carbonyl (C=O) groups excluding carboxylic acids is 3. The summed E-state index contributed by atoms with van der Waals surface area (Å²) >= 11 is 0. The average Bonchev–Trinajstić information content (AvgIpc) is 3.27. The van der Waals surface area contributed by atoms with E-state index in [2.05, 4.69) is 20.8 Å². The number of pyridine rings is 1. The van der Waals surface area contributed by atoms with E-state index in [0.29, 0.717) is 33.8 Å². The second-order valence-corrected chi connectivity index (χ2v) is 5.68. The Bertz CT molecular complexity index is 1090. The van der Waals surface area contributed by atoms with Gasteiger partial charge in [-0.15, -0.1) is 0 Å². The van der Waals surface area contributed by atoms with Crippen LogP contribution in [0.5, 0.6) is 0 Å². The van der Waals surface area contributed by atoms with Crippen LogP contribution in [-0.2, 0) is 0 Å². The van der Waals surface area contributed by atoms with Crippen LogP contribution >= 0.6 is 0 Å². The van der Waals surface area contributed by atoms with Gasteiger partial charge in [-0.05, 0) is 36.4 Å². The molecule has 0 spiro atoms. The van der Waals surface area contributed by atoms with Crippen LogP contribution in [0, 0.1) is 0 Å². The number of aromatic nitrogens is 1. The average molecular weight is 360 g/mol. The largest absolute Gasteiger partial charge is 0.455 e. The Kier molecular flexibility index (Phi) is 4.06. The maximum absolute atomic E-state index is 11.9. The topological polar surface area (TPSA) is 114 Å². The van der Waals surface area contributed by atoms with Crippen molar-refractivity contribution in [3.8, 4) is 11.3 Å². The van der Waals surface area contributed by atoms with Gasteiger partial charge in [-0.25, -0.2) is 5.43 Å². The highest BCUT2D eigenvalue weighted by Gasteiger charge is 2.27. The first-order valence-corrected chi connectivity index (χ1v) is 7.95. The zero-order valence-electron chi connectivity index (χ0n) is 13.8. The van der Waals surface area contributed by atoms with Crippen molar-refractivity contribution in [2.45, 2.75) is 0 Å². The SMILES string of the molecule is O=C(N/N=C/c1ccc(-c2ccc3c(c2)C(=O)NC3=O)o1)c1ccncc1. The first kappa shape index (κ1) is 16.4. The number of benzene rings is 1. The van der Waals surface area contributed by atoms with Crippen LogP contribution in [0.25, 0.3) is 11.3 Å². The van der Waals surface area contributed by atoms with Crippen molar-refractivity contribution in [1.82, 2.24) is 15.7 Å². The van der Waals surface area contributed by atoms with Crippen molar-refractivity contribution >= 4 is 23.9 Å². The number of nitrogens with zero attached hydrogens (tertiary/aromatic N) is 2. The number of hydrogen-bond donors (Lipinski definition) is 2. The summed E-state index contributed by atoms with van der Waals surface area (Å²) in [4.78, 5) is 39.1. The fourth-order valence-electron chi connectivity index (χ4n) is 2.62. The summed E-state index contributed by atoms with van der Waals surface area (Å²) < 4.78 is 5.65. The lowest BCUT2D eigenvalue weighted by atomic mass is 10.0. The Labute approximate surface area is 152 Å². The van der Waals surface area contributed by atoms with Gasteiger partial charge in [-0.1, -0.05) is 6.07 Å². The molecule has 3 amide bonds. The van der Waals surface area contributed by atoms with E-state index in [1.807, 2.05) is 0 Å². The molecule has 0 saturated heterocycles. The van der Waals surface area contributed by atoms with Crippen molar-refractivity contribution in [2.24, 2.45) is 5.10 Å². The predicted octanol–water partition coefficient (Wildman–Crippen LogP) is 1.99. The van der Waals surface area contributed by atoms with Crippen molar-refractivity contribution in [2.75, 3.05) is 0 Å². The summed E-state index contributed by atoms with van der Waals surface area (Å²) in [6.45, 7) is 0. The maximum Gasteiger partial charge on any atom is 0.271 e. The molecule has 2 N–H and O–H groups in total. The second kappa shape index (κ2) is 6.68. The molecule has 27 heavy (non-hydrogen) atoms. The molecule has 132 valence electrons. The van der Waals surface area contributed by atoms with Gasteiger partial charge in [0.05, 0.1) is 17.3 Å². The van der Waals surface area contributed by atoms with Crippen molar-refractivity contribution in [1.29, 1.82) is 0 Å². The van der Waals surface area contributed by atoms with E-state index in [1.54, 1.807) is 42.5 Å². The second-order valence-electron chi connectivity index (χ2n) is 5.68. The highest BCUT2D eigenvalue weighted by Crippen LogP contribution is 2.26. The number of furan rings is 1. The van der Waals surface area contributed by atoms with Gasteiger partial charge < -0.3 is 4.42 Å². The molecule has 0 unspecified atom stereocenters. The molecule has 0 fully saturated rings. The molecule has 1 aromatic carbocycles. The first-order chi connectivity index (χ1) is 13.1. The highest BCUT2D eigenvalue weighted by molar-refractivity contribution is 6.21. The minimum absolute atomic E-state index is 0.314. The molecule has 0 aliphatic carbocycles. The van der Waals surface area contributed by atoms with Gasteiger partial charge >= 0.3 is 0 Å². The summed E-state index contributed by atoms with van der Waals surface area (Å²) in [6.07, 6.45) is 4.40. The summed E-state index contributed by atoms with van der Waals surface area (Å²) in [5.41, 5.74) is 4.14. The third-order valence-electron chi connectivity index (χ3n) is 3.95. The molecule has 2 aromatic heterocycles. The number of hydrogen-bond acceptors (Lipinski definition) is 6. The lowest BCUT2D eigenvalue weighted by molar-refractivity contribution is 0.0878. The van der Waals surface area contributed by atoms with Gasteiger partial charge in [0.1, 0.15) is 11.5 Å². The van der Waals surface area contributed by atoms with Crippen LogP contribution in [0.15, 0.2) is 64.4 Å². The van der Waals surface area contributed by atoms with Crippen LogP contribution < -0.4 is 10.7 Å². The molecule has 0 atom stereocenters. The van der Waals surface area contributed by atoms with Gasteiger partial charge in [-0.3, -0.25) is 24.7 Å². The first-order valence-electron chi connectivity index (χ1n) is 7.95. The molecular formula is C19H12N4O4. The number of fused-ring (bicyclic) bond motifs is 1. The predicted molar refractivity (Wildman–Crippen MR) is 95.2 cm³/mol. The van der Waals surface area contributed by atoms with E-state index in [9.17, 15) is 14.4 Å². The minimum atomic E-state index is -0.427. The summed E-state index contributed by atoms with van der Waals surface area (Å²) in [5, 5.41) is 6.10. The smallest absolute Gasteiger partial charge is 0.271 e. The molecule has 0 saturated carbocycles. The Morgan fingerprint density at radius 3 is 2.63 bits per heavy atom. The van der Waals surface area contributed by atoms with Gasteiger partial charge in [0, 0.05) is 23.5 Å². The quantitative estimate of drug-likeness (QED) is 0.420. The highest BCUT2D eigenvalue weighted by atomic mass is 16.3. The number of amides is 3. The summed E-state index contributed by atoms with van der Waals surface area (Å²) in [5.74, 6) is -0.273. The zero-order chi connectivity index (χ0) is 18.8. The normalized spacial score (nSPS) is 12.9. The Hall–Kier alpha value is -4.07. The van der Waals surface area contributed by atoms with Crippen molar-refractivity contribution in [3.05, 3.63) is 77.3 Å². The van der Waals surface area contributed by atoms with Gasteiger partial charge in [0.15, 0.2) is 0 Å². The monoisotopic (exact) mass is 360 g/mol. The third kappa shape index (κ3) is 3.23. The molecule has 4 rings (SSSR count). The number of carbonyl (C=O) groups is 3. The molecule has 0 radical (unpaired) electrons. The van der Waals surface area contributed by atoms with Crippen LogP contribution in [0.2, 0.25) is 0 Å². The van der Waals surface area contributed by atoms with E-state index >= 15 is 0 Å². The third-order valence-corrected chi connectivity index (χ3v) is 3.95. The van der Waals surface area contributed by atoms with Crippen molar-refractivity contribution < 1.29 is 18.8 Å². The number of imide groups is 1. The molecule has 3 aromatic rings. The molecule has 8 nitrogen and oxygen atoms in total.